The molecule has 0 aliphatic rings. The number of aromatic nitrogens is 2. The summed E-state index contributed by atoms with van der Waals surface area (Å²) < 4.78 is 2.07. The molecule has 0 aliphatic heterocycles. The molecular weight excluding hydrogens is 206 g/mol. The largest absolute Gasteiger partial charge is 0.338 e. The van der Waals surface area contributed by atoms with Crippen LogP contribution in [0.15, 0.2) is 23.8 Å². The molecule has 0 saturated carbocycles. The monoisotopic (exact) mass is 221 g/mol. The van der Waals surface area contributed by atoms with Gasteiger partial charge in [0.15, 0.2) is 0 Å². The van der Waals surface area contributed by atoms with E-state index in [9.17, 15) is 0 Å². The van der Waals surface area contributed by atoms with Crippen LogP contribution in [0.1, 0.15) is 16.3 Å². The molecule has 0 aromatic carbocycles. The number of rotatable bonds is 4. The van der Waals surface area contributed by atoms with E-state index in [-0.39, 0.29) is 0 Å². The van der Waals surface area contributed by atoms with Crippen molar-refractivity contribution in [1.29, 1.82) is 0 Å². The molecule has 1 N–H and O–H groups in total. The van der Waals surface area contributed by atoms with Gasteiger partial charge in [-0.05, 0) is 24.1 Å². The highest BCUT2D eigenvalue weighted by Crippen LogP contribution is 2.17. The zero-order valence-corrected chi connectivity index (χ0v) is 9.84. The average Bonchev–Trinajstić information content (AvgIpc) is 2.79. The molecule has 15 heavy (non-hydrogen) atoms. The molecule has 0 radical (unpaired) electrons. The average molecular weight is 221 g/mol. The summed E-state index contributed by atoms with van der Waals surface area (Å²) in [6.45, 7) is 0.942. The first kappa shape index (κ1) is 10.4. The molecule has 0 unspecified atom stereocenters. The molecule has 4 heteroatoms. The van der Waals surface area contributed by atoms with Crippen molar-refractivity contribution in [1.82, 2.24) is 14.9 Å². The molecule has 0 atom stereocenters. The number of aryl methyl sites for hydroxylation is 1. The van der Waals surface area contributed by atoms with E-state index in [1.54, 1.807) is 11.3 Å². The summed E-state index contributed by atoms with van der Waals surface area (Å²) >= 11 is 1.80. The van der Waals surface area contributed by atoms with Crippen LogP contribution in [0.25, 0.3) is 0 Å². The Morgan fingerprint density at radius 1 is 1.53 bits per heavy atom. The van der Waals surface area contributed by atoms with Crippen molar-refractivity contribution in [2.45, 2.75) is 13.0 Å². The van der Waals surface area contributed by atoms with E-state index in [1.807, 2.05) is 26.5 Å². The Kier molecular flexibility index (Phi) is 3.18. The van der Waals surface area contributed by atoms with E-state index in [0.717, 1.165) is 18.8 Å². The van der Waals surface area contributed by atoms with Gasteiger partial charge in [0.25, 0.3) is 0 Å². The first-order valence-corrected chi connectivity index (χ1v) is 5.84. The lowest BCUT2D eigenvalue weighted by molar-refractivity contribution is 0.815. The normalized spacial score (nSPS) is 10.8. The molecule has 0 spiro atoms. The molecule has 0 fully saturated rings. The van der Waals surface area contributed by atoms with Crippen LogP contribution >= 0.6 is 11.3 Å². The van der Waals surface area contributed by atoms with E-state index >= 15 is 0 Å². The maximum Gasteiger partial charge on any atom is 0.113 e. The lowest BCUT2D eigenvalue weighted by atomic mass is 10.2. The summed E-state index contributed by atoms with van der Waals surface area (Å²) in [5, 5.41) is 5.36. The number of nitrogens with zero attached hydrogens (tertiary/aromatic N) is 2. The van der Waals surface area contributed by atoms with E-state index < -0.39 is 0 Å². The van der Waals surface area contributed by atoms with Crippen LogP contribution < -0.4 is 5.32 Å². The van der Waals surface area contributed by atoms with Gasteiger partial charge >= 0.3 is 0 Å². The van der Waals surface area contributed by atoms with E-state index in [1.165, 1.54) is 10.4 Å². The van der Waals surface area contributed by atoms with Gasteiger partial charge in [0.05, 0.1) is 0 Å². The summed E-state index contributed by atoms with van der Waals surface area (Å²) in [6, 6.07) is 2.25. The highest BCUT2D eigenvalue weighted by atomic mass is 32.1. The molecular formula is C11H15N3S. The van der Waals surface area contributed by atoms with Crippen LogP contribution in [0.5, 0.6) is 0 Å². The molecule has 3 nitrogen and oxygen atoms in total. The fourth-order valence-electron chi connectivity index (χ4n) is 1.54. The van der Waals surface area contributed by atoms with Crippen molar-refractivity contribution in [3.63, 3.8) is 0 Å². The van der Waals surface area contributed by atoms with Gasteiger partial charge in [-0.3, -0.25) is 0 Å². The zero-order valence-electron chi connectivity index (χ0n) is 9.03. The maximum absolute atomic E-state index is 4.32. The summed E-state index contributed by atoms with van der Waals surface area (Å²) in [4.78, 5) is 5.69. The van der Waals surface area contributed by atoms with E-state index in [0.29, 0.717) is 0 Å². The predicted octanol–water partition coefficient (Wildman–Crippen LogP) is 1.79. The predicted molar refractivity (Wildman–Crippen MR) is 63.1 cm³/mol. The van der Waals surface area contributed by atoms with Gasteiger partial charge in [0.1, 0.15) is 5.82 Å². The van der Waals surface area contributed by atoms with Crippen molar-refractivity contribution < 1.29 is 0 Å². The van der Waals surface area contributed by atoms with Gasteiger partial charge in [-0.2, -0.15) is 0 Å². The highest BCUT2D eigenvalue weighted by molar-refractivity contribution is 7.10. The number of hydrogen-bond donors (Lipinski definition) is 1. The lowest BCUT2D eigenvalue weighted by Gasteiger charge is -1.98. The van der Waals surface area contributed by atoms with Crippen LogP contribution in [-0.2, 0) is 20.0 Å². The second-order valence-corrected chi connectivity index (χ2v) is 4.58. The molecule has 2 aromatic rings. The van der Waals surface area contributed by atoms with Gasteiger partial charge < -0.3 is 9.88 Å². The second kappa shape index (κ2) is 4.59. The van der Waals surface area contributed by atoms with Crippen LogP contribution in [0.3, 0.4) is 0 Å². The Labute approximate surface area is 93.8 Å². The zero-order chi connectivity index (χ0) is 10.7. The smallest absolute Gasteiger partial charge is 0.113 e. The van der Waals surface area contributed by atoms with Gasteiger partial charge in [0, 0.05) is 37.3 Å². The van der Waals surface area contributed by atoms with Gasteiger partial charge in [-0.25, -0.2) is 4.98 Å². The molecule has 0 saturated heterocycles. The Balaban J connectivity index is 2.08. The molecule has 0 bridgehead atoms. The summed E-state index contributed by atoms with van der Waals surface area (Å²) in [6.07, 6.45) is 4.76. The van der Waals surface area contributed by atoms with Crippen molar-refractivity contribution in [2.75, 3.05) is 7.05 Å². The molecule has 0 amide bonds. The van der Waals surface area contributed by atoms with Crippen LogP contribution in [0.4, 0.5) is 0 Å². The minimum atomic E-state index is 0.928. The first-order chi connectivity index (χ1) is 7.29. The molecule has 80 valence electrons. The van der Waals surface area contributed by atoms with E-state index in [4.69, 9.17) is 0 Å². The van der Waals surface area contributed by atoms with Crippen molar-refractivity contribution >= 4 is 11.3 Å². The number of thiophene rings is 1. The van der Waals surface area contributed by atoms with Crippen molar-refractivity contribution in [3.05, 3.63) is 40.1 Å². The van der Waals surface area contributed by atoms with Crippen LogP contribution in [0, 0.1) is 0 Å². The third-order valence-corrected chi connectivity index (χ3v) is 3.33. The Morgan fingerprint density at radius 3 is 3.07 bits per heavy atom. The molecule has 2 aromatic heterocycles. The fourth-order valence-corrected chi connectivity index (χ4v) is 2.42. The Hall–Kier alpha value is -1.13. The van der Waals surface area contributed by atoms with E-state index in [2.05, 4.69) is 26.3 Å². The summed E-state index contributed by atoms with van der Waals surface area (Å²) in [5.74, 6) is 1.12. The van der Waals surface area contributed by atoms with Crippen molar-refractivity contribution in [2.24, 2.45) is 7.05 Å². The molecule has 2 heterocycles. The van der Waals surface area contributed by atoms with Gasteiger partial charge in [-0.1, -0.05) is 0 Å². The first-order valence-electron chi connectivity index (χ1n) is 4.96. The lowest BCUT2D eigenvalue weighted by Crippen LogP contribution is -2.03. The topological polar surface area (TPSA) is 29.9 Å². The Morgan fingerprint density at radius 2 is 2.40 bits per heavy atom. The minimum Gasteiger partial charge on any atom is -0.338 e. The van der Waals surface area contributed by atoms with Crippen molar-refractivity contribution in [3.8, 4) is 0 Å². The number of nitrogens with one attached hydrogen (secondary N) is 1. The molecule has 0 aliphatic carbocycles. The maximum atomic E-state index is 4.32. The van der Waals surface area contributed by atoms with Crippen LogP contribution in [0.2, 0.25) is 0 Å². The third kappa shape index (κ3) is 2.46. The second-order valence-electron chi connectivity index (χ2n) is 3.58. The number of imidazole rings is 1. The van der Waals surface area contributed by atoms with Gasteiger partial charge in [-0.15, -0.1) is 11.3 Å². The molecule has 2 rings (SSSR count). The number of hydrogen-bond acceptors (Lipinski definition) is 3. The fraction of sp³-hybridized carbons (Fsp3) is 0.364. The van der Waals surface area contributed by atoms with Crippen LogP contribution in [-0.4, -0.2) is 16.6 Å². The Bertz CT molecular complexity index is 430. The SMILES string of the molecule is CNCc1csc(Cc2nccn2C)c1. The standard InChI is InChI=1S/C11H15N3S/c1-12-7-9-5-10(15-8-9)6-11-13-3-4-14(11)2/h3-5,8,12H,6-7H2,1-2H3. The quantitative estimate of drug-likeness (QED) is 0.853. The summed E-state index contributed by atoms with van der Waals surface area (Å²) in [5.41, 5.74) is 1.35. The van der Waals surface area contributed by atoms with Gasteiger partial charge in [0.2, 0.25) is 0 Å². The third-order valence-electron chi connectivity index (χ3n) is 2.34. The minimum absolute atomic E-state index is 0.928. The summed E-state index contributed by atoms with van der Waals surface area (Å²) in [7, 11) is 4.00. The highest BCUT2D eigenvalue weighted by Gasteiger charge is 2.04.